The van der Waals surface area contributed by atoms with Crippen LogP contribution in [0.4, 0.5) is 14.6 Å². The average molecular weight is 593 g/mol. The molecule has 4 aliphatic rings. The lowest BCUT2D eigenvalue weighted by molar-refractivity contribution is 0.107. The summed E-state index contributed by atoms with van der Waals surface area (Å²) in [6, 6.07) is 4.11. The Bertz CT molecular complexity index is 1690. The van der Waals surface area contributed by atoms with Crippen LogP contribution in [0.25, 0.3) is 32.2 Å². The van der Waals surface area contributed by atoms with Gasteiger partial charge in [0.15, 0.2) is 5.82 Å². The predicted octanol–water partition coefficient (Wildman–Crippen LogP) is 5.21. The molecule has 42 heavy (non-hydrogen) atoms. The Balaban J connectivity index is 1.25. The van der Waals surface area contributed by atoms with Gasteiger partial charge in [-0.05, 0) is 61.7 Å². The number of nitrogens with zero attached hydrogens (tertiary/aromatic N) is 5. The summed E-state index contributed by atoms with van der Waals surface area (Å²) in [5.74, 6) is 0.118. The third-order valence-corrected chi connectivity index (χ3v) is 10.7. The maximum Gasteiger partial charge on any atom is 0.319 e. The molecule has 7 heterocycles. The Morgan fingerprint density at radius 1 is 1.19 bits per heavy atom. The van der Waals surface area contributed by atoms with E-state index in [4.69, 9.17) is 9.72 Å². The van der Waals surface area contributed by atoms with Crippen LogP contribution in [0.15, 0.2) is 23.7 Å². The second-order valence-electron chi connectivity index (χ2n) is 12.4. The van der Waals surface area contributed by atoms with Gasteiger partial charge in [0.25, 0.3) is 0 Å². The number of alkyl halides is 1. The van der Waals surface area contributed by atoms with Crippen LogP contribution in [-0.4, -0.2) is 81.5 Å². The van der Waals surface area contributed by atoms with Gasteiger partial charge >= 0.3 is 6.01 Å². The molecule has 0 amide bonds. The first-order valence-electron chi connectivity index (χ1n) is 15.0. The molecule has 4 aromatic rings. The number of aromatic nitrogens is 3. The quantitative estimate of drug-likeness (QED) is 0.316. The van der Waals surface area contributed by atoms with Crippen molar-refractivity contribution >= 4 is 38.1 Å². The molecule has 0 unspecified atom stereocenters. The zero-order valence-corrected chi connectivity index (χ0v) is 24.4. The molecule has 8 nitrogen and oxygen atoms in total. The molecule has 11 heteroatoms. The number of rotatable bonds is 6. The van der Waals surface area contributed by atoms with Crippen molar-refractivity contribution in [3.8, 4) is 23.0 Å². The molecular weight excluding hydrogens is 558 g/mol. The number of ether oxygens (including phenoxy) is 1. The number of phenols is 1. The third kappa shape index (κ3) is 4.23. The van der Waals surface area contributed by atoms with Gasteiger partial charge in [-0.25, -0.2) is 8.78 Å². The molecule has 0 spiro atoms. The van der Waals surface area contributed by atoms with E-state index in [9.17, 15) is 9.50 Å². The minimum absolute atomic E-state index is 0.0649. The Kier molecular flexibility index (Phi) is 6.28. The number of anilines is 1. The van der Waals surface area contributed by atoms with Crippen LogP contribution in [0.5, 0.6) is 11.8 Å². The Morgan fingerprint density at radius 2 is 2.02 bits per heavy atom. The highest BCUT2D eigenvalue weighted by Gasteiger charge is 2.49. The number of nitrogens with one attached hydrogen (secondary N) is 1. The molecule has 0 aliphatic carbocycles. The van der Waals surface area contributed by atoms with Gasteiger partial charge in [-0.1, -0.05) is 6.92 Å². The minimum atomic E-state index is -0.867. The van der Waals surface area contributed by atoms with Crippen LogP contribution in [0, 0.1) is 5.82 Å². The summed E-state index contributed by atoms with van der Waals surface area (Å²) in [5.41, 5.74) is 1.55. The highest BCUT2D eigenvalue weighted by molar-refractivity contribution is 7.17. The largest absolute Gasteiger partial charge is 0.508 e. The van der Waals surface area contributed by atoms with Gasteiger partial charge in [-0.3, -0.25) is 9.88 Å². The monoisotopic (exact) mass is 592 g/mol. The number of hydrogen-bond acceptors (Lipinski definition) is 9. The first-order chi connectivity index (χ1) is 20.4. The van der Waals surface area contributed by atoms with Crippen molar-refractivity contribution in [3.63, 3.8) is 0 Å². The van der Waals surface area contributed by atoms with Crippen molar-refractivity contribution in [1.82, 2.24) is 25.2 Å². The van der Waals surface area contributed by atoms with Gasteiger partial charge in [0, 0.05) is 60.0 Å². The highest BCUT2D eigenvalue weighted by atomic mass is 32.1. The van der Waals surface area contributed by atoms with Crippen molar-refractivity contribution in [2.24, 2.45) is 0 Å². The summed E-state index contributed by atoms with van der Waals surface area (Å²) in [5, 5.41) is 17.6. The van der Waals surface area contributed by atoms with Gasteiger partial charge in [-0.15, -0.1) is 11.3 Å². The number of pyridine rings is 1. The predicted molar refractivity (Wildman–Crippen MR) is 160 cm³/mol. The van der Waals surface area contributed by atoms with E-state index in [-0.39, 0.29) is 35.1 Å². The van der Waals surface area contributed by atoms with Gasteiger partial charge in [0.1, 0.15) is 35.6 Å². The number of hydrogen-bond donors (Lipinski definition) is 2. The van der Waals surface area contributed by atoms with Crippen LogP contribution in [0.1, 0.15) is 44.6 Å². The molecular formula is C31H34F2N6O2S. The van der Waals surface area contributed by atoms with E-state index in [2.05, 4.69) is 32.0 Å². The van der Waals surface area contributed by atoms with Gasteiger partial charge in [-0.2, -0.15) is 9.97 Å². The fourth-order valence-electron chi connectivity index (χ4n) is 7.80. The van der Waals surface area contributed by atoms with Crippen molar-refractivity contribution in [2.45, 2.75) is 69.2 Å². The second-order valence-corrected chi connectivity index (χ2v) is 13.3. The summed E-state index contributed by atoms with van der Waals surface area (Å²) in [6.45, 7) is 5.14. The molecule has 4 aliphatic heterocycles. The van der Waals surface area contributed by atoms with E-state index in [0.29, 0.717) is 41.8 Å². The number of piperazine rings is 1. The van der Waals surface area contributed by atoms with Crippen molar-refractivity contribution < 1.29 is 18.6 Å². The lowest BCUT2D eigenvalue weighted by Gasteiger charge is -2.34. The lowest BCUT2D eigenvalue weighted by atomic mass is 9.95. The summed E-state index contributed by atoms with van der Waals surface area (Å²) >= 11 is 1.53. The Morgan fingerprint density at radius 3 is 2.83 bits per heavy atom. The van der Waals surface area contributed by atoms with E-state index in [0.717, 1.165) is 67.4 Å². The Labute approximate surface area is 246 Å². The third-order valence-electron chi connectivity index (χ3n) is 9.76. The number of halogens is 2. The second kappa shape index (κ2) is 9.96. The summed E-state index contributed by atoms with van der Waals surface area (Å²) in [7, 11) is 0. The molecule has 1 aromatic carbocycles. The summed E-state index contributed by atoms with van der Waals surface area (Å²) in [6.07, 6.45) is 6.08. The van der Waals surface area contributed by atoms with E-state index in [1.807, 2.05) is 5.38 Å². The summed E-state index contributed by atoms with van der Waals surface area (Å²) < 4.78 is 38.3. The first-order valence-corrected chi connectivity index (χ1v) is 15.9. The topological polar surface area (TPSA) is 86.6 Å². The molecule has 220 valence electrons. The number of aryl methyl sites for hydroxylation is 1. The molecule has 4 saturated heterocycles. The van der Waals surface area contributed by atoms with Crippen molar-refractivity contribution in [1.29, 1.82) is 0 Å². The smallest absolute Gasteiger partial charge is 0.319 e. The molecule has 2 N–H and O–H groups in total. The van der Waals surface area contributed by atoms with Gasteiger partial charge < -0.3 is 20.1 Å². The number of benzene rings is 1. The highest BCUT2D eigenvalue weighted by Crippen LogP contribution is 2.42. The number of thiophene rings is 1. The summed E-state index contributed by atoms with van der Waals surface area (Å²) in [4.78, 5) is 18.5. The fraction of sp³-hybridized carbons (Fsp3) is 0.516. The van der Waals surface area contributed by atoms with Crippen LogP contribution >= 0.6 is 11.3 Å². The van der Waals surface area contributed by atoms with E-state index >= 15 is 4.39 Å². The number of phenolic OH excluding ortho intramolecular Hbond substituents is 1. The van der Waals surface area contributed by atoms with Crippen LogP contribution < -0.4 is 15.0 Å². The molecule has 3 aromatic heterocycles. The molecule has 4 fully saturated rings. The van der Waals surface area contributed by atoms with E-state index < -0.39 is 12.0 Å². The lowest BCUT2D eigenvalue weighted by Crippen LogP contribution is -2.51. The number of fused-ring (bicyclic) bond motifs is 5. The van der Waals surface area contributed by atoms with Gasteiger partial charge in [0.05, 0.1) is 10.9 Å². The maximum absolute atomic E-state index is 16.7. The van der Waals surface area contributed by atoms with Crippen LogP contribution in [0.3, 0.4) is 0 Å². The normalized spacial score (nSPS) is 27.4. The number of aromatic hydroxyl groups is 1. The molecule has 0 radical (unpaired) electrons. The van der Waals surface area contributed by atoms with E-state index in [1.54, 1.807) is 18.3 Å². The zero-order valence-electron chi connectivity index (χ0n) is 23.6. The molecule has 8 rings (SSSR count). The standard InChI is InChI=1S/C31H34F2N6O2S/c1-2-17-15-42-24-9-21(40)8-22(25(17)24)27-26(33)28-23(11-34-27)29(38-13-19-4-5-20(14-38)35-19)37-30(36-28)41-16-31-6-3-7-39(31)12-18(32)10-31/h8-9,11,15,18-20,35,40H,2-7,10,12-14,16H2,1H3/t18-,19-,20+,31+/m1/s1. The van der Waals surface area contributed by atoms with Crippen LogP contribution in [0.2, 0.25) is 0 Å². The molecule has 4 atom stereocenters. The van der Waals surface area contributed by atoms with Crippen LogP contribution in [-0.2, 0) is 6.42 Å². The zero-order chi connectivity index (χ0) is 28.6. The van der Waals surface area contributed by atoms with E-state index in [1.165, 1.54) is 11.3 Å². The maximum atomic E-state index is 16.7. The Hall–Kier alpha value is -3.15. The van der Waals surface area contributed by atoms with Gasteiger partial charge in [0.2, 0.25) is 0 Å². The molecule has 0 saturated carbocycles. The fourth-order valence-corrected chi connectivity index (χ4v) is 8.90. The average Bonchev–Trinajstić information content (AvgIpc) is 3.73. The SMILES string of the molecule is CCc1csc2cc(O)cc(-c3ncc4c(N5C[C@H]6CC[C@@H](C5)N6)nc(OC[C@@]56CCCN5C[C@H](F)C6)nc4c3F)c12. The van der Waals surface area contributed by atoms with Crippen molar-refractivity contribution in [3.05, 3.63) is 35.1 Å². The first kappa shape index (κ1) is 26.5. The minimum Gasteiger partial charge on any atom is -0.508 e. The van der Waals surface area contributed by atoms with Crippen molar-refractivity contribution in [2.75, 3.05) is 37.7 Å². The molecule has 2 bridgehead atoms.